The summed E-state index contributed by atoms with van der Waals surface area (Å²) in [4.78, 5) is 15.8. The number of aromatic nitrogens is 1. The van der Waals surface area contributed by atoms with Crippen LogP contribution in [0.25, 0.3) is 0 Å². The molecule has 1 N–H and O–H groups in total. The molecule has 0 atom stereocenters. The van der Waals surface area contributed by atoms with Crippen molar-refractivity contribution < 1.29 is 4.79 Å². The average molecular weight is 443 g/mol. The van der Waals surface area contributed by atoms with Gasteiger partial charge in [0.2, 0.25) is 0 Å². The van der Waals surface area contributed by atoms with Gasteiger partial charge in [0, 0.05) is 5.38 Å². The van der Waals surface area contributed by atoms with E-state index in [-0.39, 0.29) is 5.91 Å². The van der Waals surface area contributed by atoms with E-state index >= 15 is 0 Å². The summed E-state index contributed by atoms with van der Waals surface area (Å²) in [5.41, 5.74) is 1.25. The molecule has 7 heteroatoms. The maximum absolute atomic E-state index is 11.8. The van der Waals surface area contributed by atoms with Gasteiger partial charge in [0.15, 0.2) is 0 Å². The molecule has 17 heavy (non-hydrogen) atoms. The van der Waals surface area contributed by atoms with Gasteiger partial charge in [-0.05, 0) is 50.7 Å². The number of hydrogen-bond acceptors (Lipinski definition) is 3. The third-order valence-corrected chi connectivity index (χ3v) is 4.81. The van der Waals surface area contributed by atoms with Crippen LogP contribution in [0.4, 0.5) is 5.69 Å². The second kappa shape index (κ2) is 5.64. The molecule has 2 aromatic heterocycles. The van der Waals surface area contributed by atoms with Gasteiger partial charge in [-0.2, -0.15) is 0 Å². The van der Waals surface area contributed by atoms with Crippen LogP contribution >= 0.6 is 61.5 Å². The van der Waals surface area contributed by atoms with Crippen LogP contribution in [0.5, 0.6) is 0 Å². The van der Waals surface area contributed by atoms with Crippen molar-refractivity contribution in [3.63, 3.8) is 0 Å². The van der Waals surface area contributed by atoms with Crippen molar-refractivity contribution in [3.05, 3.63) is 41.8 Å². The Morgan fingerprint density at radius 1 is 1.53 bits per heavy atom. The molecule has 3 nitrogen and oxygen atoms in total. The Labute approximate surface area is 129 Å². The summed E-state index contributed by atoms with van der Waals surface area (Å²) in [7, 11) is 0. The molecule has 0 saturated heterocycles. The number of carbonyl (C=O) groups is 1. The van der Waals surface area contributed by atoms with Crippen LogP contribution in [-0.2, 0) is 0 Å². The highest BCUT2D eigenvalue weighted by atomic mass is 127. The summed E-state index contributed by atoms with van der Waals surface area (Å²) in [5.74, 6) is -0.153. The van der Waals surface area contributed by atoms with E-state index in [0.717, 1.165) is 2.88 Å². The van der Waals surface area contributed by atoms with Crippen molar-refractivity contribution in [1.82, 2.24) is 4.98 Å². The zero-order valence-electron chi connectivity index (χ0n) is 8.21. The standard InChI is InChI=1S/C10H5BrClIN2OS/c11-7-2-6(3-14-9(7)12)15-10(16)5-1-8(13)17-4-5/h1-4H,(H,15,16). The summed E-state index contributed by atoms with van der Waals surface area (Å²) in [6, 6.07) is 3.55. The van der Waals surface area contributed by atoms with E-state index in [1.54, 1.807) is 6.07 Å². The Hall–Kier alpha value is -0.180. The Morgan fingerprint density at radius 2 is 2.29 bits per heavy atom. The van der Waals surface area contributed by atoms with E-state index < -0.39 is 0 Å². The Morgan fingerprint density at radius 3 is 2.88 bits per heavy atom. The predicted molar refractivity (Wildman–Crippen MR) is 81.9 cm³/mol. The van der Waals surface area contributed by atoms with Gasteiger partial charge in [-0.1, -0.05) is 11.6 Å². The molecule has 0 fully saturated rings. The van der Waals surface area contributed by atoms with Crippen molar-refractivity contribution in [1.29, 1.82) is 0 Å². The van der Waals surface area contributed by atoms with Crippen LogP contribution in [0, 0.1) is 2.88 Å². The molecule has 2 heterocycles. The van der Waals surface area contributed by atoms with E-state index in [4.69, 9.17) is 11.6 Å². The van der Waals surface area contributed by atoms with Gasteiger partial charge in [-0.15, -0.1) is 11.3 Å². The minimum Gasteiger partial charge on any atom is -0.321 e. The van der Waals surface area contributed by atoms with E-state index in [9.17, 15) is 4.79 Å². The summed E-state index contributed by atoms with van der Waals surface area (Å²) >= 11 is 12.7. The Balaban J connectivity index is 2.15. The molecule has 0 unspecified atom stereocenters. The van der Waals surface area contributed by atoms with Crippen LogP contribution in [0.15, 0.2) is 28.2 Å². The van der Waals surface area contributed by atoms with Crippen molar-refractivity contribution >= 4 is 73.1 Å². The molecular formula is C10H5BrClIN2OS. The van der Waals surface area contributed by atoms with E-state index in [2.05, 4.69) is 48.8 Å². The molecule has 0 spiro atoms. The Kier molecular flexibility index (Phi) is 4.40. The fourth-order valence-electron chi connectivity index (χ4n) is 1.12. The van der Waals surface area contributed by atoms with E-state index in [0.29, 0.717) is 20.9 Å². The number of nitrogens with one attached hydrogen (secondary N) is 1. The zero-order valence-corrected chi connectivity index (χ0v) is 13.5. The normalized spacial score (nSPS) is 10.3. The molecule has 0 bridgehead atoms. The minimum atomic E-state index is -0.153. The number of halogens is 3. The molecule has 2 rings (SSSR count). The third kappa shape index (κ3) is 3.40. The summed E-state index contributed by atoms with van der Waals surface area (Å²) in [6.45, 7) is 0. The van der Waals surface area contributed by atoms with E-state index in [1.807, 2.05) is 11.4 Å². The van der Waals surface area contributed by atoms with Crippen molar-refractivity contribution in [3.8, 4) is 0 Å². The first-order chi connectivity index (χ1) is 8.06. The first-order valence-corrected chi connectivity index (χ1v) is 7.55. The zero-order chi connectivity index (χ0) is 12.4. The van der Waals surface area contributed by atoms with Crippen molar-refractivity contribution in [2.24, 2.45) is 0 Å². The topological polar surface area (TPSA) is 42.0 Å². The van der Waals surface area contributed by atoms with Crippen LogP contribution in [-0.4, -0.2) is 10.9 Å². The lowest BCUT2D eigenvalue weighted by Gasteiger charge is -2.04. The van der Waals surface area contributed by atoms with Crippen molar-refractivity contribution in [2.75, 3.05) is 5.32 Å². The minimum absolute atomic E-state index is 0.153. The van der Waals surface area contributed by atoms with Gasteiger partial charge in [0.05, 0.1) is 24.8 Å². The molecule has 88 valence electrons. The van der Waals surface area contributed by atoms with Crippen LogP contribution < -0.4 is 5.32 Å². The molecule has 0 aliphatic carbocycles. The van der Waals surface area contributed by atoms with Gasteiger partial charge in [0.25, 0.3) is 5.91 Å². The average Bonchev–Trinajstić information content (AvgIpc) is 2.70. The lowest BCUT2D eigenvalue weighted by Crippen LogP contribution is -2.11. The Bertz CT molecular complexity index is 575. The van der Waals surface area contributed by atoms with Gasteiger partial charge in [-0.3, -0.25) is 4.79 Å². The highest BCUT2D eigenvalue weighted by Crippen LogP contribution is 2.23. The monoisotopic (exact) mass is 442 g/mol. The molecule has 0 radical (unpaired) electrons. The first kappa shape index (κ1) is 13.3. The quantitative estimate of drug-likeness (QED) is 0.552. The van der Waals surface area contributed by atoms with Crippen LogP contribution in [0.3, 0.4) is 0 Å². The maximum Gasteiger partial charge on any atom is 0.256 e. The number of anilines is 1. The molecule has 0 saturated carbocycles. The lowest BCUT2D eigenvalue weighted by molar-refractivity contribution is 0.102. The molecule has 2 aromatic rings. The second-order valence-corrected chi connectivity index (χ2v) is 7.11. The number of thiophene rings is 1. The predicted octanol–water partition coefficient (Wildman–Crippen LogP) is 4.42. The lowest BCUT2D eigenvalue weighted by atomic mass is 10.3. The fraction of sp³-hybridized carbons (Fsp3) is 0. The number of pyridine rings is 1. The van der Waals surface area contributed by atoms with E-state index in [1.165, 1.54) is 17.5 Å². The number of amides is 1. The molecule has 1 amide bonds. The molecule has 0 aliphatic rings. The third-order valence-electron chi connectivity index (χ3n) is 1.88. The highest BCUT2D eigenvalue weighted by molar-refractivity contribution is 14.1. The van der Waals surface area contributed by atoms with Gasteiger partial charge < -0.3 is 5.32 Å². The van der Waals surface area contributed by atoms with Gasteiger partial charge >= 0.3 is 0 Å². The second-order valence-electron chi connectivity index (χ2n) is 3.09. The largest absolute Gasteiger partial charge is 0.321 e. The number of nitrogens with zero attached hydrogens (tertiary/aromatic N) is 1. The SMILES string of the molecule is O=C(Nc1cnc(Cl)c(Br)c1)c1csc(I)c1. The van der Waals surface area contributed by atoms with Crippen LogP contribution in [0.2, 0.25) is 5.15 Å². The fourth-order valence-corrected chi connectivity index (χ4v) is 2.90. The number of hydrogen-bond donors (Lipinski definition) is 1. The molecule has 0 aliphatic heterocycles. The van der Waals surface area contributed by atoms with Gasteiger partial charge in [0.1, 0.15) is 5.15 Å². The molecular weight excluding hydrogens is 438 g/mol. The summed E-state index contributed by atoms with van der Waals surface area (Å²) in [5, 5.41) is 4.94. The molecule has 0 aromatic carbocycles. The van der Waals surface area contributed by atoms with Crippen LogP contribution in [0.1, 0.15) is 10.4 Å². The van der Waals surface area contributed by atoms with Crippen molar-refractivity contribution in [2.45, 2.75) is 0 Å². The summed E-state index contributed by atoms with van der Waals surface area (Å²) < 4.78 is 1.72. The first-order valence-electron chi connectivity index (χ1n) is 4.42. The maximum atomic E-state index is 11.8. The smallest absolute Gasteiger partial charge is 0.256 e. The number of carbonyl (C=O) groups excluding carboxylic acids is 1. The van der Waals surface area contributed by atoms with Gasteiger partial charge in [-0.25, -0.2) is 4.98 Å². The highest BCUT2D eigenvalue weighted by Gasteiger charge is 2.09. The number of rotatable bonds is 2. The summed E-state index contributed by atoms with van der Waals surface area (Å²) in [6.07, 6.45) is 1.52.